The van der Waals surface area contributed by atoms with E-state index in [-0.39, 0.29) is 11.7 Å². The Bertz CT molecular complexity index is 671. The van der Waals surface area contributed by atoms with Crippen molar-refractivity contribution in [2.24, 2.45) is 0 Å². The van der Waals surface area contributed by atoms with E-state index in [1.807, 2.05) is 0 Å². The van der Waals surface area contributed by atoms with Gasteiger partial charge in [-0.05, 0) is 26.0 Å². The average Bonchev–Trinajstić information content (AvgIpc) is 2.96. The highest BCUT2D eigenvalue weighted by Gasteiger charge is 2.18. The molecule has 2 aromatic rings. The summed E-state index contributed by atoms with van der Waals surface area (Å²) in [5, 5.41) is 17.4. The van der Waals surface area contributed by atoms with Gasteiger partial charge in [-0.2, -0.15) is 0 Å². The number of carbonyl (C=O) groups is 1. The zero-order valence-corrected chi connectivity index (χ0v) is 12.8. The van der Waals surface area contributed by atoms with Crippen molar-refractivity contribution >= 4 is 23.4 Å². The largest absolute Gasteiger partial charge is 0.465 e. The minimum atomic E-state index is -0.466. The number of aromatic nitrogens is 3. The molecule has 0 aliphatic heterocycles. The van der Waals surface area contributed by atoms with Crippen LogP contribution in [0, 0.1) is 10.1 Å². The molecule has 9 heteroatoms. The topological polar surface area (TPSA) is 111 Å². The van der Waals surface area contributed by atoms with Gasteiger partial charge in [0.15, 0.2) is 5.82 Å². The number of non-ortho nitro benzene ring substituents is 1. The number of hydrogen-bond donors (Lipinski definition) is 1. The van der Waals surface area contributed by atoms with Gasteiger partial charge in [-0.1, -0.05) is 11.8 Å². The van der Waals surface area contributed by atoms with Crippen molar-refractivity contribution in [2.45, 2.75) is 24.3 Å². The van der Waals surface area contributed by atoms with Gasteiger partial charge in [-0.3, -0.25) is 20.0 Å². The number of aromatic amines is 1. The van der Waals surface area contributed by atoms with Crippen LogP contribution in [0.3, 0.4) is 0 Å². The number of hydrogen-bond acceptors (Lipinski definition) is 7. The van der Waals surface area contributed by atoms with Crippen LogP contribution in [-0.2, 0) is 9.53 Å². The van der Waals surface area contributed by atoms with E-state index in [1.54, 1.807) is 26.0 Å². The van der Waals surface area contributed by atoms with Crippen LogP contribution in [0.2, 0.25) is 0 Å². The van der Waals surface area contributed by atoms with Crippen molar-refractivity contribution in [2.75, 3.05) is 6.61 Å². The smallest absolute Gasteiger partial charge is 0.319 e. The summed E-state index contributed by atoms with van der Waals surface area (Å²) in [6, 6.07) is 5.96. The van der Waals surface area contributed by atoms with E-state index < -0.39 is 10.2 Å². The summed E-state index contributed by atoms with van der Waals surface area (Å²) in [5.41, 5.74) is 0.683. The first kappa shape index (κ1) is 16.0. The normalized spacial score (nSPS) is 11.9. The van der Waals surface area contributed by atoms with Crippen molar-refractivity contribution in [1.82, 2.24) is 15.2 Å². The maximum Gasteiger partial charge on any atom is 0.319 e. The Morgan fingerprint density at radius 3 is 2.73 bits per heavy atom. The van der Waals surface area contributed by atoms with Crippen LogP contribution in [0.15, 0.2) is 29.4 Å². The predicted octanol–water partition coefficient (Wildman–Crippen LogP) is 2.42. The molecule has 1 N–H and O–H groups in total. The lowest BCUT2D eigenvalue weighted by Crippen LogP contribution is -2.16. The molecule has 8 nitrogen and oxygen atoms in total. The van der Waals surface area contributed by atoms with Crippen LogP contribution in [-0.4, -0.2) is 37.9 Å². The lowest BCUT2D eigenvalue weighted by molar-refractivity contribution is -0.384. The van der Waals surface area contributed by atoms with Gasteiger partial charge in [0.1, 0.15) is 5.25 Å². The van der Waals surface area contributed by atoms with Crippen molar-refractivity contribution in [3.05, 3.63) is 34.4 Å². The first-order valence-corrected chi connectivity index (χ1v) is 7.39. The predicted molar refractivity (Wildman–Crippen MR) is 80.4 cm³/mol. The Hall–Kier alpha value is -2.42. The molecule has 1 unspecified atom stereocenters. The molecule has 0 spiro atoms. The van der Waals surface area contributed by atoms with Gasteiger partial charge in [0, 0.05) is 17.7 Å². The van der Waals surface area contributed by atoms with Gasteiger partial charge in [0.2, 0.25) is 5.16 Å². The van der Waals surface area contributed by atoms with E-state index in [0.717, 1.165) is 0 Å². The minimum absolute atomic E-state index is 0.00815. The SMILES string of the molecule is CCOC(=O)C(C)Sc1n[nH]c(-c2ccc([N+](=O)[O-])cc2)n1. The van der Waals surface area contributed by atoms with E-state index >= 15 is 0 Å². The number of thioether (sulfide) groups is 1. The summed E-state index contributed by atoms with van der Waals surface area (Å²) in [6.07, 6.45) is 0. The third-order valence-electron chi connectivity index (χ3n) is 2.72. The number of nitrogens with zero attached hydrogens (tertiary/aromatic N) is 3. The quantitative estimate of drug-likeness (QED) is 0.376. The minimum Gasteiger partial charge on any atom is -0.465 e. The van der Waals surface area contributed by atoms with Crippen LogP contribution in [0.4, 0.5) is 5.69 Å². The molecule has 0 aliphatic rings. The van der Waals surface area contributed by atoms with Gasteiger partial charge in [0.25, 0.3) is 5.69 Å². The second-order valence-corrected chi connectivity index (χ2v) is 5.59. The van der Waals surface area contributed by atoms with E-state index in [2.05, 4.69) is 15.2 Å². The van der Waals surface area contributed by atoms with Crippen LogP contribution in [0.25, 0.3) is 11.4 Å². The summed E-state index contributed by atoms with van der Waals surface area (Å²) in [7, 11) is 0. The molecule has 0 radical (unpaired) electrons. The molecule has 0 bridgehead atoms. The van der Waals surface area contributed by atoms with Crippen molar-refractivity contribution in [1.29, 1.82) is 0 Å². The molecular weight excluding hydrogens is 308 g/mol. The monoisotopic (exact) mass is 322 g/mol. The number of esters is 1. The summed E-state index contributed by atoms with van der Waals surface area (Å²) >= 11 is 1.18. The molecule has 1 heterocycles. The van der Waals surface area contributed by atoms with Crippen LogP contribution >= 0.6 is 11.8 Å². The zero-order valence-electron chi connectivity index (χ0n) is 12.0. The Labute approximate surface area is 130 Å². The number of benzene rings is 1. The molecule has 1 aromatic carbocycles. The molecule has 22 heavy (non-hydrogen) atoms. The zero-order chi connectivity index (χ0) is 16.1. The number of ether oxygens (including phenoxy) is 1. The van der Waals surface area contributed by atoms with Gasteiger partial charge in [-0.25, -0.2) is 4.98 Å². The van der Waals surface area contributed by atoms with E-state index in [9.17, 15) is 14.9 Å². The third kappa shape index (κ3) is 3.82. The molecule has 2 rings (SSSR count). The van der Waals surface area contributed by atoms with Gasteiger partial charge in [0.05, 0.1) is 11.5 Å². The second kappa shape index (κ2) is 7.03. The van der Waals surface area contributed by atoms with Gasteiger partial charge >= 0.3 is 5.97 Å². The van der Waals surface area contributed by atoms with Crippen molar-refractivity contribution in [3.63, 3.8) is 0 Å². The van der Waals surface area contributed by atoms with Crippen molar-refractivity contribution < 1.29 is 14.5 Å². The Morgan fingerprint density at radius 2 is 2.14 bits per heavy atom. The third-order valence-corrected chi connectivity index (χ3v) is 3.66. The lowest BCUT2D eigenvalue weighted by atomic mass is 10.2. The molecule has 1 aromatic heterocycles. The fraction of sp³-hybridized carbons (Fsp3) is 0.308. The van der Waals surface area contributed by atoms with E-state index in [1.165, 1.54) is 23.9 Å². The van der Waals surface area contributed by atoms with E-state index in [0.29, 0.717) is 23.2 Å². The first-order valence-electron chi connectivity index (χ1n) is 6.51. The number of rotatable bonds is 6. The molecule has 0 aliphatic carbocycles. The van der Waals surface area contributed by atoms with Crippen LogP contribution in [0.1, 0.15) is 13.8 Å². The summed E-state index contributed by atoms with van der Waals surface area (Å²) in [5.74, 6) is 0.155. The lowest BCUT2D eigenvalue weighted by Gasteiger charge is -2.06. The molecule has 116 valence electrons. The Morgan fingerprint density at radius 1 is 1.45 bits per heavy atom. The molecule has 0 amide bonds. The number of H-pyrrole nitrogens is 1. The number of nitro groups is 1. The Balaban J connectivity index is 2.07. The summed E-state index contributed by atoms with van der Waals surface area (Å²) in [6.45, 7) is 3.78. The standard InChI is InChI=1S/C13H14N4O4S/c1-3-21-12(18)8(2)22-13-14-11(15-16-13)9-4-6-10(7-5-9)17(19)20/h4-8H,3H2,1-2H3,(H,14,15,16). The number of carbonyl (C=O) groups excluding carboxylic acids is 1. The molecular formula is C13H14N4O4S. The van der Waals surface area contributed by atoms with Gasteiger partial charge < -0.3 is 4.74 Å². The fourth-order valence-electron chi connectivity index (χ4n) is 1.64. The van der Waals surface area contributed by atoms with Crippen LogP contribution < -0.4 is 0 Å². The fourth-order valence-corrected chi connectivity index (χ4v) is 2.36. The number of nitrogens with one attached hydrogen (secondary N) is 1. The number of nitro benzene ring substituents is 1. The highest BCUT2D eigenvalue weighted by molar-refractivity contribution is 8.00. The first-order chi connectivity index (χ1) is 10.5. The van der Waals surface area contributed by atoms with Gasteiger partial charge in [-0.15, -0.1) is 5.10 Å². The van der Waals surface area contributed by atoms with Crippen LogP contribution in [0.5, 0.6) is 0 Å². The molecule has 0 saturated carbocycles. The maximum atomic E-state index is 11.6. The molecule has 1 atom stereocenters. The highest BCUT2D eigenvalue weighted by atomic mass is 32.2. The maximum absolute atomic E-state index is 11.6. The summed E-state index contributed by atoms with van der Waals surface area (Å²) in [4.78, 5) is 26.0. The highest BCUT2D eigenvalue weighted by Crippen LogP contribution is 2.24. The summed E-state index contributed by atoms with van der Waals surface area (Å²) < 4.78 is 4.91. The average molecular weight is 322 g/mol. The Kier molecular flexibility index (Phi) is 5.10. The van der Waals surface area contributed by atoms with E-state index in [4.69, 9.17) is 4.74 Å². The van der Waals surface area contributed by atoms with Crippen molar-refractivity contribution in [3.8, 4) is 11.4 Å². The second-order valence-electron chi connectivity index (χ2n) is 4.28. The molecule has 0 saturated heterocycles. The molecule has 0 fully saturated rings.